The van der Waals surface area contributed by atoms with Gasteiger partial charge in [0, 0.05) is 29.0 Å². The van der Waals surface area contributed by atoms with Crippen LogP contribution in [0.15, 0.2) is 47.1 Å². The van der Waals surface area contributed by atoms with Crippen molar-refractivity contribution in [3.8, 4) is 11.4 Å². The highest BCUT2D eigenvalue weighted by Gasteiger charge is 2.32. The highest BCUT2D eigenvalue weighted by molar-refractivity contribution is 9.10. The Balaban J connectivity index is 1.92. The lowest BCUT2D eigenvalue weighted by Crippen LogP contribution is -2.26. The molecule has 2 atom stereocenters. The van der Waals surface area contributed by atoms with Gasteiger partial charge in [0.25, 0.3) is 0 Å². The molecule has 1 aromatic carbocycles. The van der Waals surface area contributed by atoms with Crippen LogP contribution in [0.5, 0.6) is 0 Å². The van der Waals surface area contributed by atoms with E-state index >= 15 is 0 Å². The third kappa shape index (κ3) is 3.51. The van der Waals surface area contributed by atoms with Gasteiger partial charge >= 0.3 is 0 Å². The van der Waals surface area contributed by atoms with E-state index in [-0.39, 0.29) is 17.9 Å². The molecule has 0 spiro atoms. The van der Waals surface area contributed by atoms with E-state index in [1.165, 1.54) is 11.1 Å². The van der Waals surface area contributed by atoms with Crippen LogP contribution < -0.4 is 5.32 Å². The summed E-state index contributed by atoms with van der Waals surface area (Å²) in [6.45, 7) is 2.22. The number of hydrogen-bond donors (Lipinski definition) is 2. The summed E-state index contributed by atoms with van der Waals surface area (Å²) in [5.74, 6) is 1.76. The lowest BCUT2D eigenvalue weighted by molar-refractivity contribution is 0.282. The summed E-state index contributed by atoms with van der Waals surface area (Å²) in [6.07, 6.45) is 1.80. The summed E-state index contributed by atoms with van der Waals surface area (Å²) in [4.78, 5) is 4.54. The summed E-state index contributed by atoms with van der Waals surface area (Å²) in [5, 5.41) is 18.2. The van der Waals surface area contributed by atoms with Crippen LogP contribution >= 0.6 is 27.7 Å². The Bertz CT molecular complexity index is 960. The van der Waals surface area contributed by atoms with Crippen molar-refractivity contribution < 1.29 is 5.11 Å². The molecule has 3 aromatic rings. The Morgan fingerprint density at radius 1 is 1.33 bits per heavy atom. The number of halogens is 1. The van der Waals surface area contributed by atoms with Crippen molar-refractivity contribution in [2.45, 2.75) is 18.2 Å². The molecule has 0 amide bonds. The Labute approximate surface area is 171 Å². The fourth-order valence-corrected chi connectivity index (χ4v) is 5.38. The first kappa shape index (κ1) is 18.5. The zero-order chi connectivity index (χ0) is 19.0. The lowest BCUT2D eigenvalue weighted by atomic mass is 9.98. The lowest BCUT2D eigenvalue weighted by Gasteiger charge is -2.19. The van der Waals surface area contributed by atoms with Gasteiger partial charge in [0.15, 0.2) is 0 Å². The Kier molecular flexibility index (Phi) is 5.25. The van der Waals surface area contributed by atoms with E-state index in [9.17, 15) is 5.11 Å². The van der Waals surface area contributed by atoms with Gasteiger partial charge in [-0.25, -0.2) is 0 Å². The molecule has 4 rings (SSSR count). The maximum Gasteiger partial charge on any atom is 0.129 e. The topological polar surface area (TPSA) is 63.0 Å². The summed E-state index contributed by atoms with van der Waals surface area (Å²) < 4.78 is 2.94. The molecule has 7 heteroatoms. The van der Waals surface area contributed by atoms with Crippen LogP contribution in [0.4, 0.5) is 5.82 Å². The number of nitrogens with zero attached hydrogens (tertiary/aromatic N) is 3. The zero-order valence-electron chi connectivity index (χ0n) is 15.2. The number of aromatic nitrogens is 3. The van der Waals surface area contributed by atoms with Crippen molar-refractivity contribution in [3.63, 3.8) is 0 Å². The second-order valence-electron chi connectivity index (χ2n) is 6.69. The van der Waals surface area contributed by atoms with E-state index in [1.54, 1.807) is 6.20 Å². The molecule has 140 valence electrons. The average Bonchev–Trinajstić information content (AvgIpc) is 2.86. The fraction of sp³-hybridized carbons (Fsp3) is 0.300. The first-order chi connectivity index (χ1) is 13.1. The Morgan fingerprint density at radius 3 is 2.89 bits per heavy atom. The van der Waals surface area contributed by atoms with Crippen molar-refractivity contribution >= 4 is 33.5 Å². The molecule has 2 unspecified atom stereocenters. The van der Waals surface area contributed by atoms with Gasteiger partial charge in [0.05, 0.1) is 23.6 Å². The van der Waals surface area contributed by atoms with Crippen LogP contribution in [-0.2, 0) is 7.05 Å². The van der Waals surface area contributed by atoms with Gasteiger partial charge in [0.2, 0.25) is 0 Å². The van der Waals surface area contributed by atoms with Gasteiger partial charge in [-0.2, -0.15) is 5.10 Å². The molecule has 1 aliphatic rings. The third-order valence-corrected chi connectivity index (χ3v) is 6.70. The normalized spacial score (nSPS) is 19.3. The number of hydrogen-bond acceptors (Lipinski definition) is 5. The number of fused-ring (bicyclic) bond motifs is 1. The Hall–Kier alpha value is -1.83. The largest absolute Gasteiger partial charge is 0.394 e. The highest BCUT2D eigenvalue weighted by atomic mass is 79.9. The second-order valence-corrected chi connectivity index (χ2v) is 8.74. The standard InChI is InChI=1S/C20H21BrN4OS/c1-12-9-13(21)6-7-15(12)19-17-18(16-5-3-4-8-22-16)24-25(2)20(17)23-14(10-26)11-27-19/h3-9,14,19,23,26H,10-11H2,1-2H3. The fourth-order valence-electron chi connectivity index (χ4n) is 3.46. The number of aliphatic hydroxyl groups is 1. The molecular weight excluding hydrogens is 424 g/mol. The van der Waals surface area contributed by atoms with Crippen LogP contribution in [0, 0.1) is 6.92 Å². The first-order valence-corrected chi connectivity index (χ1v) is 10.7. The SMILES string of the molecule is Cc1cc(Br)ccc1C1SCC(CO)Nc2c1c(-c1ccccn1)nn2C. The second kappa shape index (κ2) is 7.66. The quantitative estimate of drug-likeness (QED) is 0.634. The van der Waals surface area contributed by atoms with Crippen molar-refractivity contribution in [1.29, 1.82) is 0 Å². The van der Waals surface area contributed by atoms with E-state index in [0.29, 0.717) is 0 Å². The number of pyridine rings is 1. The van der Waals surface area contributed by atoms with Crippen molar-refractivity contribution in [1.82, 2.24) is 14.8 Å². The maximum absolute atomic E-state index is 9.78. The van der Waals surface area contributed by atoms with Crippen LogP contribution in [0.25, 0.3) is 11.4 Å². The molecule has 0 bridgehead atoms. The number of aryl methyl sites for hydroxylation is 2. The summed E-state index contributed by atoms with van der Waals surface area (Å²) in [7, 11) is 1.94. The Morgan fingerprint density at radius 2 is 2.19 bits per heavy atom. The summed E-state index contributed by atoms with van der Waals surface area (Å²) in [6, 6.07) is 12.3. The monoisotopic (exact) mass is 444 g/mol. The number of benzene rings is 1. The predicted molar refractivity (Wildman–Crippen MR) is 114 cm³/mol. The van der Waals surface area contributed by atoms with E-state index in [4.69, 9.17) is 5.10 Å². The summed E-state index contributed by atoms with van der Waals surface area (Å²) in [5.41, 5.74) is 5.36. The number of aliphatic hydroxyl groups excluding tert-OH is 1. The minimum absolute atomic E-state index is 0.0125. The average molecular weight is 445 g/mol. The molecule has 0 radical (unpaired) electrons. The van der Waals surface area contributed by atoms with Crippen LogP contribution in [0.3, 0.4) is 0 Å². The van der Waals surface area contributed by atoms with E-state index < -0.39 is 0 Å². The molecule has 0 saturated carbocycles. The number of anilines is 1. The van der Waals surface area contributed by atoms with Gasteiger partial charge in [-0.1, -0.05) is 28.1 Å². The minimum atomic E-state index is -0.0125. The van der Waals surface area contributed by atoms with Gasteiger partial charge in [-0.15, -0.1) is 11.8 Å². The van der Waals surface area contributed by atoms with Crippen LogP contribution in [0.1, 0.15) is 21.9 Å². The van der Waals surface area contributed by atoms with E-state index in [0.717, 1.165) is 33.0 Å². The number of rotatable bonds is 3. The molecule has 27 heavy (non-hydrogen) atoms. The molecule has 2 aromatic heterocycles. The van der Waals surface area contributed by atoms with Gasteiger partial charge in [-0.3, -0.25) is 9.67 Å². The molecular formula is C20H21BrN4OS. The van der Waals surface area contributed by atoms with E-state index in [1.807, 2.05) is 41.7 Å². The molecule has 0 saturated heterocycles. The van der Waals surface area contributed by atoms with E-state index in [2.05, 4.69) is 51.4 Å². The van der Waals surface area contributed by atoms with Crippen LogP contribution in [0.2, 0.25) is 0 Å². The summed E-state index contributed by atoms with van der Waals surface area (Å²) >= 11 is 5.40. The molecule has 2 N–H and O–H groups in total. The van der Waals surface area contributed by atoms with Crippen molar-refractivity contribution in [3.05, 3.63) is 63.8 Å². The maximum atomic E-state index is 9.78. The third-order valence-electron chi connectivity index (χ3n) is 4.79. The molecule has 3 heterocycles. The van der Waals surface area contributed by atoms with Crippen molar-refractivity contribution in [2.24, 2.45) is 7.05 Å². The molecule has 0 fully saturated rings. The van der Waals surface area contributed by atoms with Gasteiger partial charge < -0.3 is 10.4 Å². The highest BCUT2D eigenvalue weighted by Crippen LogP contribution is 2.47. The molecule has 1 aliphatic heterocycles. The van der Waals surface area contributed by atoms with Gasteiger partial charge in [0.1, 0.15) is 11.5 Å². The smallest absolute Gasteiger partial charge is 0.129 e. The first-order valence-electron chi connectivity index (χ1n) is 8.82. The predicted octanol–water partition coefficient (Wildman–Crippen LogP) is 4.16. The van der Waals surface area contributed by atoms with Gasteiger partial charge in [-0.05, 0) is 42.3 Å². The van der Waals surface area contributed by atoms with Crippen molar-refractivity contribution in [2.75, 3.05) is 17.7 Å². The number of nitrogens with one attached hydrogen (secondary N) is 1. The van der Waals surface area contributed by atoms with Crippen LogP contribution in [-0.4, -0.2) is 38.3 Å². The minimum Gasteiger partial charge on any atom is -0.394 e. The zero-order valence-corrected chi connectivity index (χ0v) is 17.6. The molecule has 0 aliphatic carbocycles. The number of thioether (sulfide) groups is 1. The molecule has 5 nitrogen and oxygen atoms in total.